The molecule has 0 bridgehead atoms. The van der Waals surface area contributed by atoms with Gasteiger partial charge in [-0.15, -0.1) is 0 Å². The van der Waals surface area contributed by atoms with Gasteiger partial charge in [0.2, 0.25) is 0 Å². The first-order valence-electron chi connectivity index (χ1n) is 8.10. The molecule has 124 valence electrons. The lowest BCUT2D eigenvalue weighted by Gasteiger charge is -2.01. The largest absolute Gasteiger partial charge is 0.507 e. The molecule has 5 heteroatoms. The molecule has 2 N–H and O–H groups in total. The van der Waals surface area contributed by atoms with Crippen LogP contribution >= 0.6 is 0 Å². The van der Waals surface area contributed by atoms with Crippen LogP contribution in [0.3, 0.4) is 0 Å². The summed E-state index contributed by atoms with van der Waals surface area (Å²) in [6.07, 6.45) is 8.48. The van der Waals surface area contributed by atoms with Gasteiger partial charge in [0, 0.05) is 24.6 Å². The predicted octanol–water partition coefficient (Wildman–Crippen LogP) is 3.84. The van der Waals surface area contributed by atoms with Gasteiger partial charge in [-0.1, -0.05) is 31.4 Å². The van der Waals surface area contributed by atoms with E-state index in [2.05, 4.69) is 14.7 Å². The number of ether oxygens (including phenoxy) is 1. The molecule has 2 rings (SSSR count). The number of hydrogen-bond donors (Lipinski definition) is 2. The second-order valence-corrected chi connectivity index (χ2v) is 5.59. The van der Waals surface area contributed by atoms with E-state index < -0.39 is 0 Å². The molecule has 0 saturated heterocycles. The molecular formula is C18H24N2O3. The first kappa shape index (κ1) is 17.1. The van der Waals surface area contributed by atoms with Crippen LogP contribution in [0, 0.1) is 0 Å². The summed E-state index contributed by atoms with van der Waals surface area (Å²) >= 11 is 0. The van der Waals surface area contributed by atoms with Crippen LogP contribution in [0.25, 0.3) is 11.3 Å². The maximum Gasteiger partial charge on any atom is 0.305 e. The normalized spacial score (nSPS) is 10.7. The van der Waals surface area contributed by atoms with Gasteiger partial charge >= 0.3 is 5.97 Å². The van der Waals surface area contributed by atoms with E-state index in [4.69, 9.17) is 0 Å². The summed E-state index contributed by atoms with van der Waals surface area (Å²) < 4.78 is 4.61. The number of aryl methyl sites for hydroxylation is 1. The highest BCUT2D eigenvalue weighted by atomic mass is 16.5. The van der Waals surface area contributed by atoms with Crippen molar-refractivity contribution in [2.45, 2.75) is 44.9 Å². The first-order valence-corrected chi connectivity index (χ1v) is 8.10. The van der Waals surface area contributed by atoms with Crippen molar-refractivity contribution in [3.63, 3.8) is 0 Å². The predicted molar refractivity (Wildman–Crippen MR) is 89.1 cm³/mol. The zero-order valence-corrected chi connectivity index (χ0v) is 13.5. The van der Waals surface area contributed by atoms with E-state index in [1.165, 1.54) is 7.11 Å². The van der Waals surface area contributed by atoms with Gasteiger partial charge in [-0.05, 0) is 25.0 Å². The second kappa shape index (κ2) is 8.98. The molecule has 23 heavy (non-hydrogen) atoms. The molecule has 0 aliphatic carbocycles. The van der Waals surface area contributed by atoms with Gasteiger partial charge in [0.25, 0.3) is 0 Å². The van der Waals surface area contributed by atoms with Gasteiger partial charge in [0.15, 0.2) is 0 Å². The molecule has 2 aromatic rings. The van der Waals surface area contributed by atoms with Gasteiger partial charge in [0.05, 0.1) is 12.8 Å². The number of aromatic hydroxyl groups is 1. The lowest BCUT2D eigenvalue weighted by Crippen LogP contribution is -1.99. The summed E-state index contributed by atoms with van der Waals surface area (Å²) in [5.74, 6) is 1.06. The summed E-state index contributed by atoms with van der Waals surface area (Å²) in [7, 11) is 1.43. The number of nitrogens with one attached hydrogen (secondary N) is 1. The van der Waals surface area contributed by atoms with E-state index in [1.54, 1.807) is 12.1 Å². The van der Waals surface area contributed by atoms with E-state index in [0.717, 1.165) is 55.6 Å². The number of carbonyl (C=O) groups is 1. The van der Waals surface area contributed by atoms with Crippen molar-refractivity contribution >= 4 is 5.97 Å². The summed E-state index contributed by atoms with van der Waals surface area (Å²) in [5, 5.41) is 9.84. The number of H-pyrrole nitrogens is 1. The van der Waals surface area contributed by atoms with Crippen LogP contribution in [-0.4, -0.2) is 28.2 Å². The Morgan fingerprint density at radius 3 is 2.70 bits per heavy atom. The van der Waals surface area contributed by atoms with Gasteiger partial charge in [-0.2, -0.15) is 0 Å². The van der Waals surface area contributed by atoms with Crippen LogP contribution in [0.5, 0.6) is 5.75 Å². The first-order chi connectivity index (χ1) is 11.2. The van der Waals surface area contributed by atoms with Crippen LogP contribution in [-0.2, 0) is 16.0 Å². The van der Waals surface area contributed by atoms with E-state index in [1.807, 2.05) is 18.3 Å². The Morgan fingerprint density at radius 1 is 1.17 bits per heavy atom. The molecule has 0 atom stereocenters. The molecule has 0 spiro atoms. The minimum atomic E-state index is -0.128. The van der Waals surface area contributed by atoms with Crippen molar-refractivity contribution in [3.8, 4) is 17.0 Å². The average Bonchev–Trinajstić information content (AvgIpc) is 3.02. The minimum absolute atomic E-state index is 0.128. The van der Waals surface area contributed by atoms with Crippen LogP contribution < -0.4 is 0 Å². The third kappa shape index (κ3) is 5.43. The van der Waals surface area contributed by atoms with Crippen molar-refractivity contribution in [3.05, 3.63) is 36.3 Å². The number of benzene rings is 1. The van der Waals surface area contributed by atoms with Crippen molar-refractivity contribution in [1.82, 2.24) is 9.97 Å². The molecule has 0 amide bonds. The Kier molecular flexibility index (Phi) is 6.66. The number of phenols is 1. The second-order valence-electron chi connectivity index (χ2n) is 5.59. The number of aromatic nitrogens is 2. The van der Waals surface area contributed by atoms with Crippen LogP contribution in [0.15, 0.2) is 30.5 Å². The number of hydrogen-bond acceptors (Lipinski definition) is 4. The van der Waals surface area contributed by atoms with Gasteiger partial charge in [-0.25, -0.2) is 4.98 Å². The number of aromatic amines is 1. The number of para-hydroxylation sites is 1. The number of imidazole rings is 1. The minimum Gasteiger partial charge on any atom is -0.507 e. The Balaban J connectivity index is 1.68. The number of unbranched alkanes of at least 4 members (excludes halogenated alkanes) is 4. The fraction of sp³-hybridized carbons (Fsp3) is 0.444. The maximum atomic E-state index is 11.0. The zero-order chi connectivity index (χ0) is 16.5. The molecular weight excluding hydrogens is 292 g/mol. The Labute approximate surface area is 136 Å². The van der Waals surface area contributed by atoms with Gasteiger partial charge in [-0.3, -0.25) is 4.79 Å². The number of carbonyl (C=O) groups excluding carboxylic acids is 1. The number of nitrogens with zero attached hydrogens (tertiary/aromatic N) is 1. The molecule has 1 aromatic carbocycles. The van der Waals surface area contributed by atoms with Crippen molar-refractivity contribution in [2.75, 3.05) is 7.11 Å². The van der Waals surface area contributed by atoms with E-state index in [9.17, 15) is 9.90 Å². The van der Waals surface area contributed by atoms with Crippen LogP contribution in [0.4, 0.5) is 0 Å². The molecule has 0 unspecified atom stereocenters. The van der Waals surface area contributed by atoms with E-state index in [0.29, 0.717) is 6.42 Å². The fourth-order valence-corrected chi connectivity index (χ4v) is 2.51. The highest BCUT2D eigenvalue weighted by Gasteiger charge is 2.07. The van der Waals surface area contributed by atoms with E-state index >= 15 is 0 Å². The fourth-order valence-electron chi connectivity index (χ4n) is 2.51. The average molecular weight is 316 g/mol. The van der Waals surface area contributed by atoms with Gasteiger partial charge in [0.1, 0.15) is 11.6 Å². The highest BCUT2D eigenvalue weighted by Crippen LogP contribution is 2.27. The molecule has 1 aromatic heterocycles. The smallest absolute Gasteiger partial charge is 0.305 e. The van der Waals surface area contributed by atoms with Crippen LogP contribution in [0.2, 0.25) is 0 Å². The zero-order valence-electron chi connectivity index (χ0n) is 13.5. The Morgan fingerprint density at radius 2 is 1.91 bits per heavy atom. The number of methoxy groups -OCH3 is 1. The molecule has 5 nitrogen and oxygen atoms in total. The molecule has 1 heterocycles. The SMILES string of the molecule is COC(=O)CCCCCCCc1nc(-c2ccccc2O)c[nH]1. The third-order valence-corrected chi connectivity index (χ3v) is 3.83. The standard InChI is InChI=1S/C18H24N2O3/c1-23-18(22)12-6-4-2-3-5-11-17-19-13-15(20-17)14-9-7-8-10-16(14)21/h7-10,13,21H,2-6,11-12H2,1H3,(H,19,20). The lowest BCUT2D eigenvalue weighted by atomic mass is 10.1. The molecule has 0 radical (unpaired) electrons. The van der Waals surface area contributed by atoms with Crippen molar-refractivity contribution in [2.24, 2.45) is 0 Å². The summed E-state index contributed by atoms with van der Waals surface area (Å²) in [6.45, 7) is 0. The van der Waals surface area contributed by atoms with E-state index in [-0.39, 0.29) is 11.7 Å². The molecule has 0 aliphatic rings. The monoisotopic (exact) mass is 316 g/mol. The van der Waals surface area contributed by atoms with Gasteiger partial charge < -0.3 is 14.8 Å². The molecule has 0 aliphatic heterocycles. The summed E-state index contributed by atoms with van der Waals surface area (Å²) in [5.41, 5.74) is 1.52. The Bertz CT molecular complexity index is 622. The lowest BCUT2D eigenvalue weighted by molar-refractivity contribution is -0.140. The molecule has 0 saturated carbocycles. The van der Waals surface area contributed by atoms with Crippen molar-refractivity contribution < 1.29 is 14.6 Å². The highest BCUT2D eigenvalue weighted by molar-refractivity contribution is 5.69. The molecule has 0 fully saturated rings. The number of esters is 1. The Hall–Kier alpha value is -2.30. The topological polar surface area (TPSA) is 75.2 Å². The van der Waals surface area contributed by atoms with Crippen LogP contribution in [0.1, 0.15) is 44.3 Å². The summed E-state index contributed by atoms with van der Waals surface area (Å²) in [6, 6.07) is 7.21. The third-order valence-electron chi connectivity index (χ3n) is 3.83. The number of rotatable bonds is 9. The number of phenolic OH excluding ortho intramolecular Hbond substituents is 1. The van der Waals surface area contributed by atoms with Crippen molar-refractivity contribution in [1.29, 1.82) is 0 Å². The maximum absolute atomic E-state index is 11.0. The quantitative estimate of drug-likeness (QED) is 0.544. The summed E-state index contributed by atoms with van der Waals surface area (Å²) in [4.78, 5) is 18.7.